The number of rotatable bonds is 6. The van der Waals surface area contributed by atoms with Gasteiger partial charge < -0.3 is 4.42 Å². The molecule has 0 saturated heterocycles. The van der Waals surface area contributed by atoms with Gasteiger partial charge in [-0.3, -0.25) is 0 Å². The van der Waals surface area contributed by atoms with Crippen molar-refractivity contribution in [3.63, 3.8) is 0 Å². The van der Waals surface area contributed by atoms with Crippen LogP contribution in [0.5, 0.6) is 0 Å². The average molecular weight is 737 g/mol. The van der Waals surface area contributed by atoms with Crippen LogP contribution in [0.15, 0.2) is 156 Å². The maximum atomic E-state index is 7.09. The number of nitrogens with zero attached hydrogens (tertiary/aromatic N) is 3. The normalized spacial score (nSPS) is 11.5. The largest absolute Gasteiger partial charge is 0.456 e. The highest BCUT2D eigenvalue weighted by molar-refractivity contribution is 6.67. The van der Waals surface area contributed by atoms with Crippen molar-refractivity contribution < 1.29 is 4.42 Å². The Morgan fingerprint density at radius 2 is 0.814 bits per heavy atom. The predicted molar refractivity (Wildman–Crippen MR) is 250 cm³/mol. The Kier molecular flexibility index (Phi) is 9.02. The van der Waals surface area contributed by atoms with E-state index in [1.54, 1.807) is 0 Å². The Balaban J connectivity index is 1.17. The lowest BCUT2D eigenvalue weighted by atomic mass is 9.65. The van der Waals surface area contributed by atoms with Crippen LogP contribution in [-0.2, 0) is 0 Å². The molecular formula is C49H25B6N3O. The predicted octanol–water partition coefficient (Wildman–Crippen LogP) is 5.69. The maximum absolute atomic E-state index is 7.09. The fraction of sp³-hybridized carbons (Fsp3) is 0. The van der Waals surface area contributed by atoms with Gasteiger partial charge in [-0.15, -0.1) is 10.9 Å². The smallest absolute Gasteiger partial charge is 0.164 e. The van der Waals surface area contributed by atoms with E-state index in [4.69, 9.17) is 66.4 Å². The van der Waals surface area contributed by atoms with Crippen molar-refractivity contribution in [2.75, 3.05) is 0 Å². The van der Waals surface area contributed by atoms with E-state index in [1.165, 1.54) is 10.8 Å². The highest BCUT2D eigenvalue weighted by atomic mass is 16.3. The van der Waals surface area contributed by atoms with Gasteiger partial charge in [0, 0.05) is 33.0 Å². The van der Waals surface area contributed by atoms with Crippen LogP contribution in [-0.4, -0.2) is 62.0 Å². The van der Waals surface area contributed by atoms with Crippen LogP contribution < -0.4 is 32.8 Å². The first kappa shape index (κ1) is 36.6. The van der Waals surface area contributed by atoms with E-state index < -0.39 is 0 Å². The van der Waals surface area contributed by atoms with Gasteiger partial charge in [0.05, 0.1) is 0 Å². The lowest BCUT2D eigenvalue weighted by Gasteiger charge is -2.18. The SMILES string of the molecule is [B]c1c([B])c([B])c2c(oc3c(-c4ccccc4)c([B])c([B])c(-c4nc(-c5ccccc5)nc(-c5cccc(-c6ccc(-c7ccc8ccccc8c7)cc6)c5)n4)c32)c1[B]. The summed E-state index contributed by atoms with van der Waals surface area (Å²) in [5, 5.41) is 3.34. The lowest BCUT2D eigenvalue weighted by Crippen LogP contribution is -2.47. The van der Waals surface area contributed by atoms with E-state index >= 15 is 0 Å². The van der Waals surface area contributed by atoms with Crippen LogP contribution in [0.3, 0.4) is 0 Å². The van der Waals surface area contributed by atoms with Gasteiger partial charge in [0.15, 0.2) is 17.5 Å². The minimum Gasteiger partial charge on any atom is -0.456 e. The quantitative estimate of drug-likeness (QED) is 0.206. The van der Waals surface area contributed by atoms with Gasteiger partial charge in [0.25, 0.3) is 0 Å². The summed E-state index contributed by atoms with van der Waals surface area (Å²) in [6.07, 6.45) is 0. The van der Waals surface area contributed by atoms with Crippen molar-refractivity contribution in [3.8, 4) is 67.5 Å². The van der Waals surface area contributed by atoms with Crippen LogP contribution in [0, 0.1) is 0 Å². The van der Waals surface area contributed by atoms with Gasteiger partial charge in [-0.2, -0.15) is 0 Å². The molecule has 8 aromatic carbocycles. The van der Waals surface area contributed by atoms with Crippen LogP contribution >= 0.6 is 0 Å². The average Bonchev–Trinajstić information content (AvgIpc) is 3.68. The molecule has 0 fully saturated rings. The molecule has 0 bridgehead atoms. The van der Waals surface area contributed by atoms with Crippen molar-refractivity contribution >= 4 is 113 Å². The van der Waals surface area contributed by atoms with Crippen LogP contribution in [0.4, 0.5) is 0 Å². The van der Waals surface area contributed by atoms with Gasteiger partial charge in [0.1, 0.15) is 58.2 Å². The zero-order valence-electron chi connectivity index (χ0n) is 31.6. The summed E-state index contributed by atoms with van der Waals surface area (Å²) in [7, 11) is 40.2. The number of hydrogen-bond acceptors (Lipinski definition) is 4. The molecule has 59 heavy (non-hydrogen) atoms. The Morgan fingerprint density at radius 3 is 1.51 bits per heavy atom. The van der Waals surface area contributed by atoms with Crippen molar-refractivity contribution in [1.29, 1.82) is 0 Å². The summed E-state index contributed by atoms with van der Waals surface area (Å²) in [5.41, 5.74) is 9.31. The van der Waals surface area contributed by atoms with Gasteiger partial charge in [-0.25, -0.2) is 15.0 Å². The summed E-state index contributed by atoms with van der Waals surface area (Å²) in [5.74, 6) is 1.10. The zero-order valence-corrected chi connectivity index (χ0v) is 31.6. The van der Waals surface area contributed by atoms with E-state index in [0.29, 0.717) is 39.1 Å². The van der Waals surface area contributed by atoms with E-state index in [0.717, 1.165) is 38.9 Å². The number of fused-ring (bicyclic) bond motifs is 4. The summed E-state index contributed by atoms with van der Waals surface area (Å²) >= 11 is 0. The molecule has 260 valence electrons. The molecule has 0 aliphatic heterocycles. The number of hydrogen-bond donors (Lipinski definition) is 0. The topological polar surface area (TPSA) is 51.8 Å². The third-order valence-corrected chi connectivity index (χ3v) is 11.0. The molecule has 0 aliphatic rings. The standard InChI is InChI=1S/C49H25B6N3O/c50-39-35(29-11-3-1-4-12-29)45-36(37-40(51)42(53)43(54)44(55)46(37)59-45)38(41(39)52)49-57-47(30-13-5-2-6-14-30)56-48(58-49)34-17-9-16-32(25-34)27-18-20-28(21-19-27)33-23-22-26-10-7-8-15-31(26)24-33/h1-25H. The first-order chi connectivity index (χ1) is 28.7. The summed E-state index contributed by atoms with van der Waals surface area (Å²) in [6, 6.07) is 50.8. The molecular weight excluding hydrogens is 711 g/mol. The Bertz CT molecular complexity index is 3280. The molecule has 2 aromatic heterocycles. The molecule has 0 aliphatic carbocycles. The molecule has 10 aromatic rings. The third-order valence-electron chi connectivity index (χ3n) is 11.0. The fourth-order valence-electron chi connectivity index (χ4n) is 7.88. The Hall–Kier alpha value is -6.78. The maximum Gasteiger partial charge on any atom is 0.164 e. The number of furan rings is 1. The van der Waals surface area contributed by atoms with E-state index in [-0.39, 0.29) is 44.2 Å². The molecule has 10 heteroatoms. The second-order valence-corrected chi connectivity index (χ2v) is 14.5. The molecule has 4 nitrogen and oxygen atoms in total. The van der Waals surface area contributed by atoms with Crippen LogP contribution in [0.25, 0.3) is 100 Å². The first-order valence-corrected chi connectivity index (χ1v) is 19.0. The van der Waals surface area contributed by atoms with Crippen molar-refractivity contribution in [2.45, 2.75) is 0 Å². The molecule has 12 radical (unpaired) electrons. The summed E-state index contributed by atoms with van der Waals surface area (Å²) in [6.45, 7) is 0. The van der Waals surface area contributed by atoms with E-state index in [9.17, 15) is 0 Å². The van der Waals surface area contributed by atoms with Crippen molar-refractivity contribution in [1.82, 2.24) is 15.0 Å². The number of benzene rings is 8. The molecule has 0 saturated carbocycles. The van der Waals surface area contributed by atoms with Gasteiger partial charge >= 0.3 is 0 Å². The minimum atomic E-state index is 0.120. The van der Waals surface area contributed by atoms with Crippen molar-refractivity contribution in [3.05, 3.63) is 152 Å². The van der Waals surface area contributed by atoms with Gasteiger partial charge in [-0.1, -0.05) is 161 Å². The van der Waals surface area contributed by atoms with E-state index in [1.807, 2.05) is 72.8 Å². The zero-order chi connectivity index (χ0) is 40.4. The highest BCUT2D eigenvalue weighted by Crippen LogP contribution is 2.39. The minimum absolute atomic E-state index is 0.120. The molecule has 2 heterocycles. The third kappa shape index (κ3) is 6.22. The summed E-state index contributed by atoms with van der Waals surface area (Å²) < 4.78 is 6.59. The lowest BCUT2D eigenvalue weighted by molar-refractivity contribution is 0.673. The molecule has 10 rings (SSSR count). The molecule has 0 unspecified atom stereocenters. The van der Waals surface area contributed by atoms with Crippen LogP contribution in [0.2, 0.25) is 0 Å². The first-order valence-electron chi connectivity index (χ1n) is 19.0. The van der Waals surface area contributed by atoms with Gasteiger partial charge in [-0.05, 0) is 50.7 Å². The number of aromatic nitrogens is 3. The van der Waals surface area contributed by atoms with Gasteiger partial charge in [0.2, 0.25) is 0 Å². The second kappa shape index (κ2) is 14.6. The molecule has 0 spiro atoms. The fourth-order valence-corrected chi connectivity index (χ4v) is 7.88. The summed E-state index contributed by atoms with van der Waals surface area (Å²) in [4.78, 5) is 15.2. The van der Waals surface area contributed by atoms with Crippen LogP contribution in [0.1, 0.15) is 0 Å². The molecule has 0 amide bonds. The van der Waals surface area contributed by atoms with E-state index in [2.05, 4.69) is 78.9 Å². The van der Waals surface area contributed by atoms with Crippen molar-refractivity contribution in [2.24, 2.45) is 0 Å². The molecule has 0 atom stereocenters. The highest BCUT2D eigenvalue weighted by Gasteiger charge is 2.27. The monoisotopic (exact) mass is 737 g/mol. The Morgan fingerprint density at radius 1 is 0.305 bits per heavy atom. The second-order valence-electron chi connectivity index (χ2n) is 14.5. The molecule has 0 N–H and O–H groups in total. The Labute approximate surface area is 349 Å².